The Bertz CT molecular complexity index is 1020. The number of nitrogens with zero attached hydrogens (tertiary/aromatic N) is 5. The summed E-state index contributed by atoms with van der Waals surface area (Å²) in [4.78, 5) is 28.6. The first-order valence-corrected chi connectivity index (χ1v) is 8.94. The lowest BCUT2D eigenvalue weighted by molar-refractivity contribution is 0.392. The van der Waals surface area contributed by atoms with Crippen LogP contribution in [-0.4, -0.2) is 23.8 Å². The molecule has 140 valence electrons. The van der Waals surface area contributed by atoms with Gasteiger partial charge in [-0.25, -0.2) is 9.78 Å². The van der Waals surface area contributed by atoms with E-state index in [-0.39, 0.29) is 11.2 Å². The highest BCUT2D eigenvalue weighted by Gasteiger charge is 2.14. The summed E-state index contributed by atoms with van der Waals surface area (Å²) in [5.41, 5.74) is 2.48. The van der Waals surface area contributed by atoms with E-state index in [2.05, 4.69) is 10.1 Å². The number of aromatic nitrogens is 5. The van der Waals surface area contributed by atoms with E-state index in [1.54, 1.807) is 13.4 Å². The summed E-state index contributed by atoms with van der Waals surface area (Å²) in [5, 5.41) is 3.98. The summed E-state index contributed by atoms with van der Waals surface area (Å²) in [6, 6.07) is 0. The topological polar surface area (TPSA) is 87.8 Å². The Morgan fingerprint density at radius 1 is 1.04 bits per heavy atom. The van der Waals surface area contributed by atoms with Crippen LogP contribution in [0.5, 0.6) is 0 Å². The Kier molecular flexibility index (Phi) is 5.11. The van der Waals surface area contributed by atoms with Crippen LogP contribution in [0.25, 0.3) is 11.2 Å². The molecule has 3 aromatic heterocycles. The molecule has 0 aromatic carbocycles. The van der Waals surface area contributed by atoms with Gasteiger partial charge < -0.3 is 9.09 Å². The van der Waals surface area contributed by atoms with Crippen LogP contribution in [-0.2, 0) is 27.1 Å². The lowest BCUT2D eigenvalue weighted by Crippen LogP contribution is -2.37. The second-order valence-electron chi connectivity index (χ2n) is 6.78. The number of fused-ring (bicyclic) bond motifs is 1. The molecular weight excluding hydrogens is 334 g/mol. The van der Waals surface area contributed by atoms with E-state index in [1.807, 2.05) is 18.4 Å². The maximum absolute atomic E-state index is 12.4. The lowest BCUT2D eigenvalue weighted by Gasteiger charge is -2.07. The van der Waals surface area contributed by atoms with E-state index < -0.39 is 0 Å². The van der Waals surface area contributed by atoms with Crippen molar-refractivity contribution in [3.05, 3.63) is 44.2 Å². The monoisotopic (exact) mass is 359 g/mol. The van der Waals surface area contributed by atoms with Gasteiger partial charge in [0.15, 0.2) is 11.2 Å². The van der Waals surface area contributed by atoms with Crippen molar-refractivity contribution in [2.24, 2.45) is 14.1 Å². The highest BCUT2D eigenvalue weighted by molar-refractivity contribution is 5.69. The molecule has 0 aliphatic rings. The number of aryl methyl sites for hydroxylation is 4. The molecule has 0 saturated carbocycles. The molecule has 8 nitrogen and oxygen atoms in total. The predicted molar refractivity (Wildman–Crippen MR) is 98.4 cm³/mol. The molecule has 3 heterocycles. The molecule has 0 saturated heterocycles. The SMILES string of the molecule is Cc1noc(C)c1CCCCCCn1cnc2c1c(=O)n(C)c(=O)n2C. The van der Waals surface area contributed by atoms with Gasteiger partial charge in [0.1, 0.15) is 5.76 Å². The fraction of sp³-hybridized carbons (Fsp3) is 0.556. The van der Waals surface area contributed by atoms with Crippen LogP contribution in [0.4, 0.5) is 0 Å². The standard InChI is InChI=1S/C18H25N5O3/c1-12-14(13(2)26-20-12)9-7-5-6-8-10-23-11-19-16-15(23)17(24)22(4)18(25)21(16)3/h11H,5-10H2,1-4H3. The Hall–Kier alpha value is -2.64. The van der Waals surface area contributed by atoms with Crippen LogP contribution >= 0.6 is 0 Å². The third-order valence-electron chi connectivity index (χ3n) is 4.97. The number of hydrogen-bond donors (Lipinski definition) is 0. The minimum Gasteiger partial charge on any atom is -0.361 e. The fourth-order valence-corrected chi connectivity index (χ4v) is 3.36. The quantitative estimate of drug-likeness (QED) is 0.601. The van der Waals surface area contributed by atoms with E-state index in [9.17, 15) is 9.59 Å². The van der Waals surface area contributed by atoms with Gasteiger partial charge in [0.2, 0.25) is 0 Å². The van der Waals surface area contributed by atoms with Gasteiger partial charge in [-0.3, -0.25) is 13.9 Å². The van der Waals surface area contributed by atoms with E-state index >= 15 is 0 Å². The lowest BCUT2D eigenvalue weighted by atomic mass is 10.1. The first-order chi connectivity index (χ1) is 12.4. The van der Waals surface area contributed by atoms with E-state index in [0.717, 1.165) is 54.7 Å². The molecule has 3 rings (SSSR count). The van der Waals surface area contributed by atoms with Gasteiger partial charge in [0, 0.05) is 26.2 Å². The summed E-state index contributed by atoms with van der Waals surface area (Å²) < 4.78 is 9.58. The maximum Gasteiger partial charge on any atom is 0.332 e. The molecule has 0 aliphatic carbocycles. The molecule has 0 radical (unpaired) electrons. The first kappa shape index (κ1) is 18.2. The second-order valence-corrected chi connectivity index (χ2v) is 6.78. The zero-order valence-electron chi connectivity index (χ0n) is 15.8. The van der Waals surface area contributed by atoms with Gasteiger partial charge >= 0.3 is 5.69 Å². The van der Waals surface area contributed by atoms with E-state index in [1.165, 1.54) is 17.2 Å². The maximum atomic E-state index is 12.4. The minimum absolute atomic E-state index is 0.293. The Balaban J connectivity index is 1.58. The van der Waals surface area contributed by atoms with Crippen LogP contribution in [0.2, 0.25) is 0 Å². The van der Waals surface area contributed by atoms with Gasteiger partial charge in [-0.15, -0.1) is 0 Å². The van der Waals surface area contributed by atoms with Crippen LogP contribution in [0.15, 0.2) is 20.4 Å². The third-order valence-corrected chi connectivity index (χ3v) is 4.97. The Labute approximate surface area is 151 Å². The molecular formula is C18H25N5O3. The number of rotatable bonds is 7. The van der Waals surface area contributed by atoms with Crippen molar-refractivity contribution in [3.8, 4) is 0 Å². The molecule has 0 N–H and O–H groups in total. The molecule has 26 heavy (non-hydrogen) atoms. The van der Waals surface area contributed by atoms with Gasteiger partial charge in [-0.2, -0.15) is 0 Å². The van der Waals surface area contributed by atoms with Crippen LogP contribution < -0.4 is 11.2 Å². The number of imidazole rings is 1. The largest absolute Gasteiger partial charge is 0.361 e. The molecule has 0 spiro atoms. The first-order valence-electron chi connectivity index (χ1n) is 8.94. The smallest absolute Gasteiger partial charge is 0.332 e. The average Bonchev–Trinajstić information content (AvgIpc) is 3.18. The molecule has 0 amide bonds. The second kappa shape index (κ2) is 7.31. The summed E-state index contributed by atoms with van der Waals surface area (Å²) in [5.74, 6) is 0.911. The highest BCUT2D eigenvalue weighted by Crippen LogP contribution is 2.16. The van der Waals surface area contributed by atoms with E-state index in [0.29, 0.717) is 11.2 Å². The predicted octanol–water partition coefficient (Wildman–Crippen LogP) is 1.84. The summed E-state index contributed by atoms with van der Waals surface area (Å²) in [7, 11) is 3.13. The summed E-state index contributed by atoms with van der Waals surface area (Å²) in [6.07, 6.45) is 6.85. The van der Waals surface area contributed by atoms with Crippen molar-refractivity contribution in [2.45, 2.75) is 52.5 Å². The fourth-order valence-electron chi connectivity index (χ4n) is 3.36. The third kappa shape index (κ3) is 3.23. The average molecular weight is 359 g/mol. The molecule has 0 fully saturated rings. The number of hydrogen-bond acceptors (Lipinski definition) is 5. The van der Waals surface area contributed by atoms with Crippen molar-refractivity contribution < 1.29 is 4.52 Å². The van der Waals surface area contributed by atoms with Gasteiger partial charge in [-0.05, 0) is 33.1 Å². The Morgan fingerprint density at radius 2 is 1.77 bits per heavy atom. The Morgan fingerprint density at radius 3 is 2.46 bits per heavy atom. The van der Waals surface area contributed by atoms with Gasteiger partial charge in [0.25, 0.3) is 5.56 Å². The van der Waals surface area contributed by atoms with Crippen molar-refractivity contribution >= 4 is 11.2 Å². The van der Waals surface area contributed by atoms with Crippen molar-refractivity contribution in [1.82, 2.24) is 23.8 Å². The molecule has 8 heteroatoms. The van der Waals surface area contributed by atoms with Crippen molar-refractivity contribution in [1.29, 1.82) is 0 Å². The number of unbranched alkanes of at least 4 members (excludes halogenated alkanes) is 3. The normalized spacial score (nSPS) is 11.5. The van der Waals surface area contributed by atoms with E-state index in [4.69, 9.17) is 4.52 Å². The minimum atomic E-state index is -0.355. The van der Waals surface area contributed by atoms with Gasteiger partial charge in [0.05, 0.1) is 12.0 Å². The summed E-state index contributed by atoms with van der Waals surface area (Å²) >= 11 is 0. The van der Waals surface area contributed by atoms with Crippen molar-refractivity contribution in [3.63, 3.8) is 0 Å². The zero-order valence-corrected chi connectivity index (χ0v) is 15.8. The molecule has 0 bridgehead atoms. The molecule has 3 aromatic rings. The van der Waals surface area contributed by atoms with Gasteiger partial charge in [-0.1, -0.05) is 18.0 Å². The molecule has 0 aliphatic heterocycles. The van der Waals surface area contributed by atoms with Crippen LogP contribution in [0.1, 0.15) is 42.7 Å². The zero-order chi connectivity index (χ0) is 18.8. The molecule has 0 atom stereocenters. The van der Waals surface area contributed by atoms with Crippen LogP contribution in [0, 0.1) is 13.8 Å². The molecule has 0 unspecified atom stereocenters. The van der Waals surface area contributed by atoms with Crippen molar-refractivity contribution in [2.75, 3.05) is 0 Å². The highest BCUT2D eigenvalue weighted by atomic mass is 16.5. The van der Waals surface area contributed by atoms with Crippen LogP contribution in [0.3, 0.4) is 0 Å². The summed E-state index contributed by atoms with van der Waals surface area (Å²) in [6.45, 7) is 4.65.